The molecule has 0 amide bonds. The second-order valence-corrected chi connectivity index (χ2v) is 6.55. The van der Waals surface area contributed by atoms with Gasteiger partial charge in [0.25, 0.3) is 0 Å². The first-order chi connectivity index (χ1) is 7.61. The van der Waals surface area contributed by atoms with Crippen molar-refractivity contribution in [2.75, 3.05) is 17.2 Å². The Morgan fingerprint density at radius 1 is 1.50 bits per heavy atom. The standard InChI is InChI=1S/C12H17BrN2S/c1-8-4-5-14-12(11(8)13)15-6-7-16-10(3)9(15)2/h4-5,9-10H,6-7H2,1-3H3. The molecule has 16 heavy (non-hydrogen) atoms. The maximum Gasteiger partial charge on any atom is 0.143 e. The summed E-state index contributed by atoms with van der Waals surface area (Å²) >= 11 is 5.70. The number of pyridine rings is 1. The molecule has 0 aliphatic carbocycles. The van der Waals surface area contributed by atoms with E-state index in [0.29, 0.717) is 11.3 Å². The van der Waals surface area contributed by atoms with Gasteiger partial charge in [0.2, 0.25) is 0 Å². The Kier molecular flexibility index (Phi) is 3.80. The van der Waals surface area contributed by atoms with Crippen LogP contribution in [0.25, 0.3) is 0 Å². The lowest BCUT2D eigenvalue weighted by Gasteiger charge is -2.38. The third kappa shape index (κ3) is 2.23. The number of rotatable bonds is 1. The molecule has 1 aliphatic rings. The van der Waals surface area contributed by atoms with Crippen molar-refractivity contribution in [2.45, 2.75) is 32.1 Å². The van der Waals surface area contributed by atoms with Gasteiger partial charge in [0.1, 0.15) is 5.82 Å². The van der Waals surface area contributed by atoms with E-state index >= 15 is 0 Å². The van der Waals surface area contributed by atoms with Gasteiger partial charge in [0, 0.05) is 29.8 Å². The van der Waals surface area contributed by atoms with Crippen LogP contribution in [0.4, 0.5) is 5.82 Å². The molecule has 1 saturated heterocycles. The summed E-state index contributed by atoms with van der Waals surface area (Å²) in [4.78, 5) is 6.93. The summed E-state index contributed by atoms with van der Waals surface area (Å²) in [5, 5.41) is 0.669. The lowest BCUT2D eigenvalue weighted by Crippen LogP contribution is -2.45. The molecule has 1 fully saturated rings. The minimum Gasteiger partial charge on any atom is -0.351 e. The fraction of sp³-hybridized carbons (Fsp3) is 0.583. The third-order valence-electron chi connectivity index (χ3n) is 3.22. The van der Waals surface area contributed by atoms with Gasteiger partial charge in [-0.3, -0.25) is 0 Å². The molecule has 1 aliphatic heterocycles. The number of aromatic nitrogens is 1. The molecule has 0 radical (unpaired) electrons. The Balaban J connectivity index is 2.32. The summed E-state index contributed by atoms with van der Waals surface area (Å²) in [6.45, 7) is 7.78. The smallest absolute Gasteiger partial charge is 0.143 e. The molecule has 0 spiro atoms. The number of halogens is 1. The zero-order chi connectivity index (χ0) is 11.7. The van der Waals surface area contributed by atoms with Crippen molar-refractivity contribution < 1.29 is 0 Å². The molecule has 2 nitrogen and oxygen atoms in total. The van der Waals surface area contributed by atoms with Crippen LogP contribution in [0.15, 0.2) is 16.7 Å². The lowest BCUT2D eigenvalue weighted by molar-refractivity contribution is 0.619. The zero-order valence-electron chi connectivity index (χ0n) is 9.90. The van der Waals surface area contributed by atoms with Crippen LogP contribution in [0.2, 0.25) is 0 Å². The molecule has 2 atom stereocenters. The van der Waals surface area contributed by atoms with E-state index in [1.165, 1.54) is 11.3 Å². The van der Waals surface area contributed by atoms with Crippen LogP contribution in [-0.4, -0.2) is 28.6 Å². The van der Waals surface area contributed by atoms with E-state index in [9.17, 15) is 0 Å². The normalized spacial score (nSPS) is 25.9. The van der Waals surface area contributed by atoms with Crippen molar-refractivity contribution in [1.29, 1.82) is 0 Å². The first kappa shape index (κ1) is 12.2. The van der Waals surface area contributed by atoms with Gasteiger partial charge in [-0.05, 0) is 41.4 Å². The lowest BCUT2D eigenvalue weighted by atomic mass is 10.2. The second kappa shape index (κ2) is 4.96. The fourth-order valence-electron chi connectivity index (χ4n) is 1.96. The molecular weight excluding hydrogens is 284 g/mol. The molecule has 2 heterocycles. The summed E-state index contributed by atoms with van der Waals surface area (Å²) in [5.41, 5.74) is 1.25. The van der Waals surface area contributed by atoms with Crippen molar-refractivity contribution >= 4 is 33.5 Å². The molecule has 0 bridgehead atoms. The average molecular weight is 301 g/mol. The highest BCUT2D eigenvalue weighted by molar-refractivity contribution is 9.10. The van der Waals surface area contributed by atoms with E-state index in [-0.39, 0.29) is 0 Å². The van der Waals surface area contributed by atoms with Crippen LogP contribution in [0.5, 0.6) is 0 Å². The van der Waals surface area contributed by atoms with Crippen LogP contribution in [0.1, 0.15) is 19.4 Å². The molecule has 0 saturated carbocycles. The number of thioether (sulfide) groups is 1. The maximum atomic E-state index is 4.52. The maximum absolute atomic E-state index is 4.52. The number of hydrogen-bond donors (Lipinski definition) is 0. The van der Waals surface area contributed by atoms with Gasteiger partial charge in [-0.1, -0.05) is 6.92 Å². The summed E-state index contributed by atoms with van der Waals surface area (Å²) in [6.07, 6.45) is 1.90. The van der Waals surface area contributed by atoms with Crippen LogP contribution in [0.3, 0.4) is 0 Å². The van der Waals surface area contributed by atoms with E-state index in [1.807, 2.05) is 24.0 Å². The van der Waals surface area contributed by atoms with Crippen LogP contribution >= 0.6 is 27.7 Å². The molecule has 2 unspecified atom stereocenters. The van der Waals surface area contributed by atoms with Crippen molar-refractivity contribution in [3.63, 3.8) is 0 Å². The summed E-state index contributed by atoms with van der Waals surface area (Å²) < 4.78 is 1.14. The minimum absolute atomic E-state index is 0.546. The van der Waals surface area contributed by atoms with Crippen LogP contribution in [0, 0.1) is 6.92 Å². The van der Waals surface area contributed by atoms with Crippen molar-refractivity contribution in [1.82, 2.24) is 4.98 Å². The Hall–Kier alpha value is -0.220. The number of hydrogen-bond acceptors (Lipinski definition) is 3. The Bertz CT molecular complexity index is 383. The Morgan fingerprint density at radius 3 is 3.00 bits per heavy atom. The SMILES string of the molecule is Cc1ccnc(N2CCSC(C)C2C)c1Br. The van der Waals surface area contributed by atoms with Gasteiger partial charge < -0.3 is 4.90 Å². The summed E-state index contributed by atoms with van der Waals surface area (Å²) in [5.74, 6) is 2.28. The van der Waals surface area contributed by atoms with E-state index in [2.05, 4.69) is 46.6 Å². The highest BCUT2D eigenvalue weighted by Crippen LogP contribution is 2.33. The highest BCUT2D eigenvalue weighted by atomic mass is 79.9. The largest absolute Gasteiger partial charge is 0.351 e. The van der Waals surface area contributed by atoms with Gasteiger partial charge in [0.05, 0.1) is 4.47 Å². The molecule has 1 aromatic rings. The molecule has 1 aromatic heterocycles. The highest BCUT2D eigenvalue weighted by Gasteiger charge is 2.27. The Morgan fingerprint density at radius 2 is 2.25 bits per heavy atom. The van der Waals surface area contributed by atoms with Gasteiger partial charge in [-0.25, -0.2) is 4.98 Å². The molecule has 88 valence electrons. The average Bonchev–Trinajstić information content (AvgIpc) is 2.27. The Labute approximate surface area is 110 Å². The number of nitrogens with zero attached hydrogens (tertiary/aromatic N) is 2. The molecule has 2 rings (SSSR count). The van der Waals surface area contributed by atoms with Gasteiger partial charge in [0.15, 0.2) is 0 Å². The first-order valence-corrected chi connectivity index (χ1v) is 7.44. The van der Waals surface area contributed by atoms with Crippen molar-refractivity contribution in [3.05, 3.63) is 22.3 Å². The van der Waals surface area contributed by atoms with Crippen LogP contribution in [-0.2, 0) is 0 Å². The van der Waals surface area contributed by atoms with Gasteiger partial charge in [-0.15, -0.1) is 0 Å². The second-order valence-electron chi connectivity index (χ2n) is 4.28. The summed E-state index contributed by atoms with van der Waals surface area (Å²) in [7, 11) is 0. The van der Waals surface area contributed by atoms with Crippen molar-refractivity contribution in [3.8, 4) is 0 Å². The quantitative estimate of drug-likeness (QED) is 0.790. The molecule has 4 heteroatoms. The predicted molar refractivity (Wildman–Crippen MR) is 75.4 cm³/mol. The minimum atomic E-state index is 0.546. The van der Waals surface area contributed by atoms with E-state index < -0.39 is 0 Å². The number of anilines is 1. The zero-order valence-corrected chi connectivity index (χ0v) is 12.3. The van der Waals surface area contributed by atoms with E-state index in [4.69, 9.17) is 0 Å². The third-order valence-corrected chi connectivity index (χ3v) is 5.54. The van der Waals surface area contributed by atoms with Gasteiger partial charge >= 0.3 is 0 Å². The van der Waals surface area contributed by atoms with Gasteiger partial charge in [-0.2, -0.15) is 11.8 Å². The monoisotopic (exact) mass is 300 g/mol. The van der Waals surface area contributed by atoms with E-state index in [0.717, 1.165) is 16.8 Å². The molecule has 0 aromatic carbocycles. The number of aryl methyl sites for hydroxylation is 1. The van der Waals surface area contributed by atoms with E-state index in [1.54, 1.807) is 0 Å². The summed E-state index contributed by atoms with van der Waals surface area (Å²) in [6, 6.07) is 2.59. The topological polar surface area (TPSA) is 16.1 Å². The predicted octanol–water partition coefficient (Wildman–Crippen LogP) is 3.48. The first-order valence-electron chi connectivity index (χ1n) is 5.60. The fourth-order valence-corrected chi connectivity index (χ4v) is 3.52. The molecular formula is C12H17BrN2S. The van der Waals surface area contributed by atoms with Crippen LogP contribution < -0.4 is 4.90 Å². The van der Waals surface area contributed by atoms with Crippen molar-refractivity contribution in [2.24, 2.45) is 0 Å². The molecule has 0 N–H and O–H groups in total.